The van der Waals surface area contributed by atoms with Crippen LogP contribution in [0.1, 0.15) is 45.1 Å². The number of sulfone groups is 1. The zero-order valence-electron chi connectivity index (χ0n) is 21.8. The van der Waals surface area contributed by atoms with Crippen molar-refractivity contribution in [3.05, 3.63) is 64.3 Å². The number of alkyl halides is 1. The maximum atomic E-state index is 11.1. The Bertz CT molecular complexity index is 1540. The average molecular weight is 658 g/mol. The van der Waals surface area contributed by atoms with Crippen molar-refractivity contribution >= 4 is 60.4 Å². The van der Waals surface area contributed by atoms with E-state index in [0.29, 0.717) is 11.4 Å². The average Bonchev–Trinajstić information content (AvgIpc) is 3.31. The molecule has 39 heavy (non-hydrogen) atoms. The standard InChI is InChI=1S/C20H25BrN4O.C7H6Cl2O3S/c1-3-7-15(8-4-2)23-19-11-17(16-9-5-6-10-18(16)26)24-20-14(12-21)13-22-25(19)20;1-13(11,12)5-3-2-4(8)7(10)6(5)9/h5-6,9-11,13,15,23,26H,3-4,7-8,12H2,1-2H3;2-3,10H,1H3. The minimum absolute atomic E-state index is 0.0254. The molecule has 210 valence electrons. The molecule has 0 bridgehead atoms. The molecule has 0 aliphatic heterocycles. The number of aromatic hydroxyl groups is 2. The molecule has 12 heteroatoms. The van der Waals surface area contributed by atoms with Gasteiger partial charge in [0.05, 0.1) is 21.8 Å². The molecule has 0 amide bonds. The highest BCUT2D eigenvalue weighted by Gasteiger charge is 2.18. The zero-order valence-corrected chi connectivity index (χ0v) is 25.7. The molecule has 0 saturated carbocycles. The van der Waals surface area contributed by atoms with Gasteiger partial charge in [-0.2, -0.15) is 9.61 Å². The van der Waals surface area contributed by atoms with Gasteiger partial charge < -0.3 is 15.5 Å². The van der Waals surface area contributed by atoms with Gasteiger partial charge in [0.2, 0.25) is 0 Å². The summed E-state index contributed by atoms with van der Waals surface area (Å²) in [5.41, 5.74) is 3.29. The highest BCUT2D eigenvalue weighted by atomic mass is 79.9. The molecule has 0 unspecified atom stereocenters. The van der Waals surface area contributed by atoms with E-state index in [1.165, 1.54) is 12.1 Å². The van der Waals surface area contributed by atoms with Crippen LogP contribution in [0.25, 0.3) is 16.9 Å². The first-order chi connectivity index (χ1) is 18.5. The van der Waals surface area contributed by atoms with Crippen molar-refractivity contribution in [1.82, 2.24) is 14.6 Å². The number of nitrogens with zero attached hydrogens (tertiary/aromatic N) is 3. The smallest absolute Gasteiger partial charge is 0.177 e. The summed E-state index contributed by atoms with van der Waals surface area (Å²) >= 11 is 14.6. The Morgan fingerprint density at radius 3 is 2.33 bits per heavy atom. The molecule has 2 heterocycles. The van der Waals surface area contributed by atoms with Gasteiger partial charge in [0.15, 0.2) is 21.2 Å². The second kappa shape index (κ2) is 13.7. The normalized spacial score (nSPS) is 11.5. The third-order valence-corrected chi connectivity index (χ3v) is 8.47. The van der Waals surface area contributed by atoms with E-state index in [1.54, 1.807) is 6.07 Å². The van der Waals surface area contributed by atoms with Gasteiger partial charge in [-0.15, -0.1) is 0 Å². The summed E-state index contributed by atoms with van der Waals surface area (Å²) in [6, 6.07) is 12.2. The monoisotopic (exact) mass is 656 g/mol. The van der Waals surface area contributed by atoms with Crippen LogP contribution in [0.3, 0.4) is 0 Å². The van der Waals surface area contributed by atoms with Crippen LogP contribution in [-0.2, 0) is 15.2 Å². The molecule has 3 N–H and O–H groups in total. The number of hydrogen-bond donors (Lipinski definition) is 3. The van der Waals surface area contributed by atoms with E-state index in [2.05, 4.69) is 40.2 Å². The summed E-state index contributed by atoms with van der Waals surface area (Å²) in [6.45, 7) is 4.41. The lowest BCUT2D eigenvalue weighted by molar-refractivity contribution is 0.473. The number of hydrogen-bond acceptors (Lipinski definition) is 7. The van der Waals surface area contributed by atoms with Gasteiger partial charge in [0.25, 0.3) is 0 Å². The fourth-order valence-corrected chi connectivity index (χ4v) is 5.96. The number of nitrogens with one attached hydrogen (secondary N) is 1. The Morgan fingerprint density at radius 2 is 1.74 bits per heavy atom. The summed E-state index contributed by atoms with van der Waals surface area (Å²) in [4.78, 5) is 4.64. The molecular formula is C27H31BrCl2N4O4S. The maximum Gasteiger partial charge on any atom is 0.177 e. The lowest BCUT2D eigenvalue weighted by Crippen LogP contribution is -2.21. The second-order valence-electron chi connectivity index (χ2n) is 8.98. The van der Waals surface area contributed by atoms with E-state index >= 15 is 0 Å². The minimum Gasteiger partial charge on any atom is -0.507 e. The summed E-state index contributed by atoms with van der Waals surface area (Å²) in [5.74, 6) is 0.729. The number of para-hydroxylation sites is 1. The van der Waals surface area contributed by atoms with Crippen LogP contribution in [0.5, 0.6) is 11.5 Å². The lowest BCUT2D eigenvalue weighted by Gasteiger charge is -2.20. The Balaban J connectivity index is 0.000000272. The van der Waals surface area contributed by atoms with Crippen LogP contribution < -0.4 is 5.32 Å². The van der Waals surface area contributed by atoms with Gasteiger partial charge in [-0.05, 0) is 37.1 Å². The molecule has 2 aromatic heterocycles. The predicted octanol–water partition coefficient (Wildman–Crippen LogP) is 7.48. The van der Waals surface area contributed by atoms with E-state index in [0.717, 1.165) is 60.2 Å². The number of phenols is 2. The first-order valence-corrected chi connectivity index (χ1v) is 16.1. The van der Waals surface area contributed by atoms with Crippen LogP contribution in [-0.4, -0.2) is 45.5 Å². The summed E-state index contributed by atoms with van der Waals surface area (Å²) in [7, 11) is -3.42. The van der Waals surface area contributed by atoms with Crippen molar-refractivity contribution in [1.29, 1.82) is 0 Å². The van der Waals surface area contributed by atoms with Crippen LogP contribution in [0.2, 0.25) is 10.0 Å². The molecule has 4 aromatic rings. The van der Waals surface area contributed by atoms with Crippen molar-refractivity contribution in [2.45, 2.75) is 55.8 Å². The second-order valence-corrected chi connectivity index (χ2v) is 12.3. The van der Waals surface area contributed by atoms with Crippen LogP contribution in [0.15, 0.2) is 53.6 Å². The van der Waals surface area contributed by atoms with Gasteiger partial charge >= 0.3 is 0 Å². The van der Waals surface area contributed by atoms with Crippen molar-refractivity contribution in [3.8, 4) is 22.8 Å². The largest absolute Gasteiger partial charge is 0.507 e. The third-order valence-electron chi connectivity index (χ3n) is 5.93. The number of phenolic OH excluding ortho intramolecular Hbond substituents is 2. The van der Waals surface area contributed by atoms with Gasteiger partial charge in [0, 0.05) is 34.8 Å². The quantitative estimate of drug-likeness (QED) is 0.160. The van der Waals surface area contributed by atoms with E-state index < -0.39 is 15.6 Å². The SMILES string of the molecule is CCCC(CCC)Nc1cc(-c2ccccc2O)nc2c(CBr)cnn12.CS(=O)(=O)c1ccc(Cl)c(O)c1Cl. The Morgan fingerprint density at radius 1 is 1.08 bits per heavy atom. The molecule has 4 rings (SSSR count). The zero-order chi connectivity index (χ0) is 28.7. The number of rotatable bonds is 9. The molecule has 0 spiro atoms. The van der Waals surface area contributed by atoms with Crippen LogP contribution in [0, 0.1) is 0 Å². The molecule has 8 nitrogen and oxygen atoms in total. The number of aromatic nitrogens is 3. The number of fused-ring (bicyclic) bond motifs is 1. The van der Waals surface area contributed by atoms with Crippen molar-refractivity contribution in [3.63, 3.8) is 0 Å². The molecule has 0 fully saturated rings. The fourth-order valence-electron chi connectivity index (χ4n) is 4.04. The number of benzene rings is 2. The van der Waals surface area contributed by atoms with E-state index in [-0.39, 0.29) is 20.7 Å². The highest BCUT2D eigenvalue weighted by Crippen LogP contribution is 2.36. The number of anilines is 1. The maximum absolute atomic E-state index is 11.1. The Labute approximate surface area is 247 Å². The first kappa shape index (κ1) is 31.0. The molecule has 0 atom stereocenters. The van der Waals surface area contributed by atoms with Crippen LogP contribution in [0.4, 0.5) is 5.82 Å². The van der Waals surface area contributed by atoms with Crippen molar-refractivity contribution in [2.75, 3.05) is 11.6 Å². The van der Waals surface area contributed by atoms with E-state index in [9.17, 15) is 18.6 Å². The predicted molar refractivity (Wildman–Crippen MR) is 161 cm³/mol. The Kier molecular flexibility index (Phi) is 10.9. The summed E-state index contributed by atoms with van der Waals surface area (Å²) < 4.78 is 24.0. The summed E-state index contributed by atoms with van der Waals surface area (Å²) in [6.07, 6.45) is 7.31. The van der Waals surface area contributed by atoms with Crippen molar-refractivity contribution < 1.29 is 18.6 Å². The molecule has 0 aliphatic rings. The Hall–Kier alpha value is -2.53. The number of halogens is 3. The fraction of sp³-hybridized carbons (Fsp3) is 0.333. The van der Waals surface area contributed by atoms with Crippen LogP contribution >= 0.6 is 39.1 Å². The molecular weight excluding hydrogens is 627 g/mol. The lowest BCUT2D eigenvalue weighted by atomic mass is 10.1. The van der Waals surface area contributed by atoms with E-state index in [1.807, 2.05) is 35.0 Å². The van der Waals surface area contributed by atoms with E-state index in [4.69, 9.17) is 28.2 Å². The molecule has 2 aromatic carbocycles. The topological polar surface area (TPSA) is 117 Å². The molecule has 0 saturated heterocycles. The van der Waals surface area contributed by atoms with Gasteiger partial charge in [-0.25, -0.2) is 13.4 Å². The van der Waals surface area contributed by atoms with Gasteiger partial charge in [-0.1, -0.05) is 78.0 Å². The van der Waals surface area contributed by atoms with Gasteiger partial charge in [-0.3, -0.25) is 0 Å². The summed E-state index contributed by atoms with van der Waals surface area (Å²) in [5, 5.41) is 28.1. The minimum atomic E-state index is -3.42. The van der Waals surface area contributed by atoms with Crippen molar-refractivity contribution in [2.24, 2.45) is 0 Å². The molecule has 0 aliphatic carbocycles. The van der Waals surface area contributed by atoms with Gasteiger partial charge in [0.1, 0.15) is 16.6 Å². The third kappa shape index (κ3) is 7.57. The first-order valence-electron chi connectivity index (χ1n) is 12.4. The molecule has 0 radical (unpaired) electrons. The highest BCUT2D eigenvalue weighted by molar-refractivity contribution is 9.08.